The van der Waals surface area contributed by atoms with Gasteiger partial charge in [-0.25, -0.2) is 0 Å². The van der Waals surface area contributed by atoms with Crippen LogP contribution in [0, 0.1) is 11.3 Å². The van der Waals surface area contributed by atoms with Crippen LogP contribution in [0.2, 0.25) is 0 Å². The predicted molar refractivity (Wildman–Crippen MR) is 46.0 cm³/mol. The highest BCUT2D eigenvalue weighted by molar-refractivity contribution is 5.41. The summed E-state index contributed by atoms with van der Waals surface area (Å²) in [6.07, 6.45) is 0.413. The van der Waals surface area contributed by atoms with Crippen LogP contribution in [0.5, 0.6) is 5.75 Å². The Morgan fingerprint density at radius 3 is 3.23 bits per heavy atom. The first-order valence-corrected chi connectivity index (χ1v) is 4.10. The molecule has 0 radical (unpaired) electrons. The average molecular weight is 175 g/mol. The second-order valence-electron chi connectivity index (χ2n) is 2.84. The van der Waals surface area contributed by atoms with Gasteiger partial charge in [0.15, 0.2) is 6.79 Å². The van der Waals surface area contributed by atoms with E-state index in [-0.39, 0.29) is 0 Å². The van der Waals surface area contributed by atoms with Crippen LogP contribution in [-0.4, -0.2) is 6.79 Å². The van der Waals surface area contributed by atoms with E-state index < -0.39 is 0 Å². The van der Waals surface area contributed by atoms with E-state index in [9.17, 15) is 0 Å². The van der Waals surface area contributed by atoms with Crippen molar-refractivity contribution in [1.82, 2.24) is 0 Å². The number of hydrogen-bond donors (Lipinski definition) is 0. The largest absolute Gasteiger partial charge is 0.467 e. The summed E-state index contributed by atoms with van der Waals surface area (Å²) in [5.74, 6) is 0.846. The molecule has 3 heteroatoms. The Morgan fingerprint density at radius 1 is 1.46 bits per heavy atom. The molecule has 0 aromatic heterocycles. The fourth-order valence-electron chi connectivity index (χ4n) is 1.41. The van der Waals surface area contributed by atoms with E-state index in [1.54, 1.807) is 0 Å². The quantitative estimate of drug-likeness (QED) is 0.651. The summed E-state index contributed by atoms with van der Waals surface area (Å²) in [5.41, 5.74) is 2.01. The Morgan fingerprint density at radius 2 is 2.38 bits per heavy atom. The van der Waals surface area contributed by atoms with E-state index in [1.807, 2.05) is 18.2 Å². The Bertz CT molecular complexity index is 354. The van der Waals surface area contributed by atoms with Crippen LogP contribution >= 0.6 is 0 Å². The fourth-order valence-corrected chi connectivity index (χ4v) is 1.41. The number of fused-ring (bicyclic) bond motifs is 1. The normalized spacial score (nSPS) is 14.1. The molecule has 0 N–H and O–H groups in total. The van der Waals surface area contributed by atoms with Gasteiger partial charge >= 0.3 is 0 Å². The Balaban J connectivity index is 2.41. The Kier molecular flexibility index (Phi) is 2.15. The third kappa shape index (κ3) is 1.49. The van der Waals surface area contributed by atoms with Crippen LogP contribution in [0.25, 0.3) is 0 Å². The van der Waals surface area contributed by atoms with E-state index in [0.29, 0.717) is 19.8 Å². The molecule has 0 bridgehead atoms. The molecule has 2 rings (SSSR count). The van der Waals surface area contributed by atoms with Crippen LogP contribution in [-0.2, 0) is 17.8 Å². The standard InChI is InChI=1S/C10H9NO2/c11-5-4-8-2-1-3-10-9(8)6-12-7-13-10/h1-3H,4,6-7H2. The van der Waals surface area contributed by atoms with Crippen molar-refractivity contribution in [3.8, 4) is 11.8 Å². The van der Waals surface area contributed by atoms with Crippen LogP contribution in [0.1, 0.15) is 11.1 Å². The number of ether oxygens (including phenoxy) is 2. The molecular weight excluding hydrogens is 166 g/mol. The van der Waals surface area contributed by atoms with E-state index in [1.165, 1.54) is 0 Å². The minimum Gasteiger partial charge on any atom is -0.467 e. The van der Waals surface area contributed by atoms with Gasteiger partial charge in [0.1, 0.15) is 5.75 Å². The minimum absolute atomic E-state index is 0.309. The molecule has 3 nitrogen and oxygen atoms in total. The summed E-state index contributed by atoms with van der Waals surface area (Å²) in [6.45, 7) is 0.857. The van der Waals surface area contributed by atoms with Crippen LogP contribution < -0.4 is 4.74 Å². The van der Waals surface area contributed by atoms with Gasteiger partial charge in [0, 0.05) is 5.56 Å². The van der Waals surface area contributed by atoms with E-state index in [0.717, 1.165) is 16.9 Å². The first-order chi connectivity index (χ1) is 6.42. The zero-order chi connectivity index (χ0) is 9.10. The molecule has 1 heterocycles. The molecular formula is C10H9NO2. The summed E-state index contributed by atoms with van der Waals surface area (Å²) in [5, 5.41) is 8.59. The smallest absolute Gasteiger partial charge is 0.189 e. The Labute approximate surface area is 76.5 Å². The maximum Gasteiger partial charge on any atom is 0.189 e. The molecule has 0 saturated carbocycles. The molecule has 0 saturated heterocycles. The molecule has 1 aliphatic rings. The van der Waals surface area contributed by atoms with Gasteiger partial charge in [-0.3, -0.25) is 0 Å². The Hall–Kier alpha value is -1.53. The molecule has 0 aliphatic carbocycles. The lowest BCUT2D eigenvalue weighted by Crippen LogP contribution is -2.12. The molecule has 13 heavy (non-hydrogen) atoms. The molecule has 0 spiro atoms. The van der Waals surface area contributed by atoms with E-state index in [4.69, 9.17) is 14.7 Å². The minimum atomic E-state index is 0.309. The second kappa shape index (κ2) is 3.46. The highest BCUT2D eigenvalue weighted by Gasteiger charge is 2.13. The maximum atomic E-state index is 8.59. The molecule has 1 aliphatic heterocycles. The van der Waals surface area contributed by atoms with Gasteiger partial charge in [-0.15, -0.1) is 0 Å². The van der Waals surface area contributed by atoms with Crippen molar-refractivity contribution in [1.29, 1.82) is 5.26 Å². The molecule has 0 atom stereocenters. The lowest BCUT2D eigenvalue weighted by atomic mass is 10.0. The highest BCUT2D eigenvalue weighted by Crippen LogP contribution is 2.26. The maximum absolute atomic E-state index is 8.59. The van der Waals surface area contributed by atoms with Crippen LogP contribution in [0.3, 0.4) is 0 Å². The molecule has 0 amide bonds. The molecule has 0 fully saturated rings. The van der Waals surface area contributed by atoms with Crippen molar-refractivity contribution in [2.45, 2.75) is 13.0 Å². The van der Waals surface area contributed by atoms with Crippen molar-refractivity contribution < 1.29 is 9.47 Å². The third-order valence-corrected chi connectivity index (χ3v) is 2.04. The topological polar surface area (TPSA) is 42.2 Å². The number of hydrogen-bond acceptors (Lipinski definition) is 3. The van der Waals surface area contributed by atoms with Crippen molar-refractivity contribution in [3.63, 3.8) is 0 Å². The highest BCUT2D eigenvalue weighted by atomic mass is 16.7. The molecule has 0 unspecified atom stereocenters. The average Bonchev–Trinajstić information content (AvgIpc) is 2.19. The summed E-state index contributed by atoms with van der Waals surface area (Å²) in [7, 11) is 0. The van der Waals surface area contributed by atoms with Crippen molar-refractivity contribution in [3.05, 3.63) is 29.3 Å². The van der Waals surface area contributed by atoms with Crippen molar-refractivity contribution in [2.75, 3.05) is 6.79 Å². The van der Waals surface area contributed by atoms with Crippen molar-refractivity contribution >= 4 is 0 Å². The summed E-state index contributed by atoms with van der Waals surface area (Å²) < 4.78 is 10.4. The number of benzene rings is 1. The SMILES string of the molecule is N#CCc1cccc2c1COCO2. The lowest BCUT2D eigenvalue weighted by molar-refractivity contribution is -0.0167. The van der Waals surface area contributed by atoms with Crippen LogP contribution in [0.15, 0.2) is 18.2 Å². The fraction of sp³-hybridized carbons (Fsp3) is 0.300. The van der Waals surface area contributed by atoms with Gasteiger partial charge in [-0.2, -0.15) is 5.26 Å². The number of nitriles is 1. The summed E-state index contributed by atoms with van der Waals surface area (Å²) in [4.78, 5) is 0. The predicted octanol–water partition coefficient (Wildman–Crippen LogP) is 1.62. The van der Waals surface area contributed by atoms with Gasteiger partial charge in [-0.1, -0.05) is 12.1 Å². The zero-order valence-electron chi connectivity index (χ0n) is 7.12. The molecule has 1 aromatic carbocycles. The summed E-state index contributed by atoms with van der Waals surface area (Å²) >= 11 is 0. The first kappa shape index (κ1) is 8.09. The third-order valence-electron chi connectivity index (χ3n) is 2.04. The van der Waals surface area contributed by atoms with Crippen LogP contribution in [0.4, 0.5) is 0 Å². The van der Waals surface area contributed by atoms with Gasteiger partial charge in [0.25, 0.3) is 0 Å². The lowest BCUT2D eigenvalue weighted by Gasteiger charge is -2.19. The second-order valence-corrected chi connectivity index (χ2v) is 2.84. The first-order valence-electron chi connectivity index (χ1n) is 4.10. The van der Waals surface area contributed by atoms with Gasteiger partial charge in [-0.05, 0) is 11.6 Å². The van der Waals surface area contributed by atoms with Gasteiger partial charge in [0.2, 0.25) is 0 Å². The zero-order valence-corrected chi connectivity index (χ0v) is 7.12. The molecule has 1 aromatic rings. The van der Waals surface area contributed by atoms with E-state index in [2.05, 4.69) is 6.07 Å². The van der Waals surface area contributed by atoms with Gasteiger partial charge < -0.3 is 9.47 Å². The molecule has 66 valence electrons. The van der Waals surface area contributed by atoms with Crippen molar-refractivity contribution in [2.24, 2.45) is 0 Å². The monoisotopic (exact) mass is 175 g/mol. The van der Waals surface area contributed by atoms with Gasteiger partial charge in [0.05, 0.1) is 19.1 Å². The number of rotatable bonds is 1. The number of nitrogens with zero attached hydrogens (tertiary/aromatic N) is 1. The summed E-state index contributed by atoms with van der Waals surface area (Å²) in [6, 6.07) is 7.85. The van der Waals surface area contributed by atoms with E-state index >= 15 is 0 Å².